The van der Waals surface area contributed by atoms with Gasteiger partial charge in [0.15, 0.2) is 5.96 Å². The molecule has 3 heteroatoms. The maximum absolute atomic E-state index is 6.07. The fourth-order valence-corrected chi connectivity index (χ4v) is 2.78. The fourth-order valence-electron chi connectivity index (χ4n) is 2.78. The molecule has 0 saturated heterocycles. The predicted octanol–water partition coefficient (Wildman–Crippen LogP) is 2.47. The number of guanidine groups is 1. The summed E-state index contributed by atoms with van der Waals surface area (Å²) in [6.07, 6.45) is 1.18. The molecule has 94 valence electrons. The highest BCUT2D eigenvalue weighted by atomic mass is 15.3. The molecular weight excluding hydrogens is 198 g/mol. The maximum atomic E-state index is 6.07. The van der Waals surface area contributed by atoms with Crippen LogP contribution < -0.4 is 5.73 Å². The number of hydrogen-bond donors (Lipinski definition) is 1. The number of rotatable bonds is 1. The summed E-state index contributed by atoms with van der Waals surface area (Å²) in [5, 5.41) is 0. The summed E-state index contributed by atoms with van der Waals surface area (Å²) in [6.45, 7) is 15.4. The first-order valence-electron chi connectivity index (χ1n) is 6.20. The molecule has 0 amide bonds. The molecule has 0 fully saturated rings. The van der Waals surface area contributed by atoms with Crippen molar-refractivity contribution in [1.82, 2.24) is 4.90 Å². The van der Waals surface area contributed by atoms with Gasteiger partial charge >= 0.3 is 0 Å². The monoisotopic (exact) mass is 225 g/mol. The van der Waals surface area contributed by atoms with E-state index in [9.17, 15) is 0 Å². The normalized spacial score (nSPS) is 24.9. The first-order chi connectivity index (χ1) is 7.13. The van der Waals surface area contributed by atoms with Crippen molar-refractivity contribution < 1.29 is 0 Å². The molecule has 2 N–H and O–H groups in total. The molecule has 1 aliphatic heterocycles. The van der Waals surface area contributed by atoms with Crippen LogP contribution in [0.4, 0.5) is 0 Å². The molecule has 0 spiro atoms. The fraction of sp³-hybridized carbons (Fsp3) is 0.923. The van der Waals surface area contributed by atoms with Crippen molar-refractivity contribution in [2.45, 2.75) is 54.0 Å². The summed E-state index contributed by atoms with van der Waals surface area (Å²) in [4.78, 5) is 6.74. The van der Waals surface area contributed by atoms with Crippen molar-refractivity contribution in [2.75, 3.05) is 13.1 Å². The van der Waals surface area contributed by atoms with Gasteiger partial charge in [-0.25, -0.2) is 0 Å². The van der Waals surface area contributed by atoms with Crippen LogP contribution in [0.2, 0.25) is 0 Å². The summed E-state index contributed by atoms with van der Waals surface area (Å²) >= 11 is 0. The second kappa shape index (κ2) is 4.27. The molecule has 0 radical (unpaired) electrons. The van der Waals surface area contributed by atoms with E-state index in [1.165, 1.54) is 6.42 Å². The van der Waals surface area contributed by atoms with Crippen LogP contribution in [0.25, 0.3) is 0 Å². The number of nitrogens with zero attached hydrogens (tertiary/aromatic N) is 2. The summed E-state index contributed by atoms with van der Waals surface area (Å²) in [6, 6.07) is 0.421. The van der Waals surface area contributed by atoms with E-state index in [4.69, 9.17) is 5.73 Å². The van der Waals surface area contributed by atoms with E-state index >= 15 is 0 Å². The molecule has 1 heterocycles. The SMILES string of the molecule is CC(C)N1CC(C)(C)CC(C)(C)CN=C1N. The van der Waals surface area contributed by atoms with Crippen molar-refractivity contribution in [2.24, 2.45) is 21.6 Å². The van der Waals surface area contributed by atoms with Gasteiger partial charge in [-0.05, 0) is 31.1 Å². The predicted molar refractivity (Wildman–Crippen MR) is 70.5 cm³/mol. The van der Waals surface area contributed by atoms with Gasteiger partial charge < -0.3 is 10.6 Å². The molecule has 0 atom stereocenters. The van der Waals surface area contributed by atoms with E-state index in [1.807, 2.05) is 0 Å². The maximum Gasteiger partial charge on any atom is 0.191 e. The molecule has 0 unspecified atom stereocenters. The third-order valence-electron chi connectivity index (χ3n) is 3.14. The van der Waals surface area contributed by atoms with Gasteiger partial charge in [-0.3, -0.25) is 4.99 Å². The smallest absolute Gasteiger partial charge is 0.191 e. The van der Waals surface area contributed by atoms with Crippen LogP contribution in [0.3, 0.4) is 0 Å². The van der Waals surface area contributed by atoms with Crippen LogP contribution in [-0.2, 0) is 0 Å². The number of nitrogens with two attached hydrogens (primary N) is 1. The van der Waals surface area contributed by atoms with Gasteiger partial charge in [0.05, 0.1) is 0 Å². The lowest BCUT2D eigenvalue weighted by Gasteiger charge is -2.42. The molecule has 0 aromatic carbocycles. The minimum atomic E-state index is 0.247. The summed E-state index contributed by atoms with van der Waals surface area (Å²) < 4.78 is 0. The summed E-state index contributed by atoms with van der Waals surface area (Å²) in [5.41, 5.74) is 6.60. The van der Waals surface area contributed by atoms with E-state index < -0.39 is 0 Å². The van der Waals surface area contributed by atoms with Gasteiger partial charge in [0.1, 0.15) is 0 Å². The van der Waals surface area contributed by atoms with E-state index in [-0.39, 0.29) is 10.8 Å². The zero-order chi connectivity index (χ0) is 12.6. The molecule has 0 bridgehead atoms. The summed E-state index contributed by atoms with van der Waals surface area (Å²) in [5.74, 6) is 0.704. The Morgan fingerprint density at radius 2 is 1.75 bits per heavy atom. The van der Waals surface area contributed by atoms with Crippen molar-refractivity contribution in [3.63, 3.8) is 0 Å². The zero-order valence-corrected chi connectivity index (χ0v) is 11.7. The van der Waals surface area contributed by atoms with Crippen LogP contribution in [0, 0.1) is 10.8 Å². The molecule has 3 nitrogen and oxygen atoms in total. The average Bonchev–Trinajstić information content (AvgIpc) is 2.07. The molecule has 0 aromatic heterocycles. The quantitative estimate of drug-likeness (QED) is 0.745. The lowest BCUT2D eigenvalue weighted by molar-refractivity contribution is 0.138. The Bertz CT molecular complexity index is 277. The van der Waals surface area contributed by atoms with Gasteiger partial charge in [0.2, 0.25) is 0 Å². The highest BCUT2D eigenvalue weighted by Crippen LogP contribution is 2.36. The Hall–Kier alpha value is -0.730. The van der Waals surface area contributed by atoms with Crippen molar-refractivity contribution >= 4 is 5.96 Å². The highest BCUT2D eigenvalue weighted by molar-refractivity contribution is 5.78. The summed E-state index contributed by atoms with van der Waals surface area (Å²) in [7, 11) is 0. The molecule has 1 rings (SSSR count). The Morgan fingerprint density at radius 1 is 1.19 bits per heavy atom. The van der Waals surface area contributed by atoms with Gasteiger partial charge in [0, 0.05) is 19.1 Å². The van der Waals surface area contributed by atoms with Crippen molar-refractivity contribution in [1.29, 1.82) is 0 Å². The molecule has 1 aliphatic rings. The zero-order valence-electron chi connectivity index (χ0n) is 11.7. The molecule has 16 heavy (non-hydrogen) atoms. The Morgan fingerprint density at radius 3 is 2.25 bits per heavy atom. The first kappa shape index (κ1) is 13.3. The van der Waals surface area contributed by atoms with Crippen LogP contribution in [0.15, 0.2) is 4.99 Å². The van der Waals surface area contributed by atoms with Crippen molar-refractivity contribution in [3.05, 3.63) is 0 Å². The molecular formula is C13H27N3. The van der Waals surface area contributed by atoms with Gasteiger partial charge in [-0.2, -0.15) is 0 Å². The van der Waals surface area contributed by atoms with Gasteiger partial charge in [-0.15, -0.1) is 0 Å². The van der Waals surface area contributed by atoms with Crippen LogP contribution >= 0.6 is 0 Å². The third kappa shape index (κ3) is 3.39. The highest BCUT2D eigenvalue weighted by Gasteiger charge is 2.33. The van der Waals surface area contributed by atoms with E-state index in [2.05, 4.69) is 51.4 Å². The minimum absolute atomic E-state index is 0.247. The van der Waals surface area contributed by atoms with Gasteiger partial charge in [0.25, 0.3) is 0 Å². The third-order valence-corrected chi connectivity index (χ3v) is 3.14. The molecule has 0 aliphatic carbocycles. The van der Waals surface area contributed by atoms with Crippen LogP contribution in [0.1, 0.15) is 48.0 Å². The lowest BCUT2D eigenvalue weighted by atomic mass is 9.74. The Labute approximate surface area is 100 Å². The second-order valence-electron chi connectivity index (χ2n) is 6.90. The number of hydrogen-bond acceptors (Lipinski definition) is 3. The minimum Gasteiger partial charge on any atom is -0.370 e. The Balaban J connectivity index is 2.98. The molecule has 0 saturated carbocycles. The first-order valence-corrected chi connectivity index (χ1v) is 6.20. The molecule has 0 aromatic rings. The largest absolute Gasteiger partial charge is 0.370 e. The van der Waals surface area contributed by atoms with Crippen molar-refractivity contribution in [3.8, 4) is 0 Å². The van der Waals surface area contributed by atoms with Crippen LogP contribution in [-0.4, -0.2) is 30.0 Å². The topological polar surface area (TPSA) is 41.6 Å². The van der Waals surface area contributed by atoms with Crippen LogP contribution in [0.5, 0.6) is 0 Å². The number of aliphatic imine (C=N–C) groups is 1. The van der Waals surface area contributed by atoms with E-state index in [1.54, 1.807) is 0 Å². The average molecular weight is 225 g/mol. The van der Waals surface area contributed by atoms with Gasteiger partial charge in [-0.1, -0.05) is 27.7 Å². The standard InChI is InChI=1S/C13H27N3/c1-10(2)16-9-13(5,6)7-12(3,4)8-15-11(16)14/h10H,7-9H2,1-6H3,(H2,14,15). The van der Waals surface area contributed by atoms with E-state index in [0.29, 0.717) is 12.0 Å². The lowest BCUT2D eigenvalue weighted by Crippen LogP contribution is -2.49. The van der Waals surface area contributed by atoms with E-state index in [0.717, 1.165) is 13.1 Å². The second-order valence-corrected chi connectivity index (χ2v) is 6.90. The Kier molecular flexibility index (Phi) is 3.56.